The average molecular weight is 132 g/mol. The van der Waals surface area contributed by atoms with Crippen molar-refractivity contribution in [3.05, 3.63) is 0 Å². The Labute approximate surface area is 57.5 Å². The SMILES string of the molecule is CC[NH+](CC)CC(C)O. The zero-order valence-corrected chi connectivity index (χ0v) is 6.65. The summed E-state index contributed by atoms with van der Waals surface area (Å²) in [6.45, 7) is 9.23. The molecule has 0 heterocycles. The molecule has 0 aromatic rings. The number of nitrogens with one attached hydrogen (secondary N) is 1. The van der Waals surface area contributed by atoms with Crippen LogP contribution in [0.5, 0.6) is 0 Å². The maximum Gasteiger partial charge on any atom is 0.103 e. The second kappa shape index (κ2) is 4.77. The highest BCUT2D eigenvalue weighted by molar-refractivity contribution is 4.37. The molecule has 56 valence electrons. The van der Waals surface area contributed by atoms with E-state index in [1.807, 2.05) is 6.92 Å². The maximum atomic E-state index is 8.96. The van der Waals surface area contributed by atoms with E-state index < -0.39 is 0 Å². The first-order valence-electron chi connectivity index (χ1n) is 3.72. The number of likely N-dealkylation sites (N-methyl/N-ethyl adjacent to an activating group) is 1. The molecular weight excluding hydrogens is 114 g/mol. The molecule has 0 aromatic carbocycles. The zero-order valence-electron chi connectivity index (χ0n) is 6.65. The Balaban J connectivity index is 3.31. The van der Waals surface area contributed by atoms with Crippen LogP contribution >= 0.6 is 0 Å². The molecule has 0 aliphatic heterocycles. The van der Waals surface area contributed by atoms with Gasteiger partial charge in [-0.3, -0.25) is 0 Å². The van der Waals surface area contributed by atoms with Gasteiger partial charge in [-0.25, -0.2) is 0 Å². The first kappa shape index (κ1) is 8.92. The normalized spacial score (nSPS) is 14.3. The highest BCUT2D eigenvalue weighted by Gasteiger charge is 2.04. The molecule has 1 unspecified atom stereocenters. The number of rotatable bonds is 4. The lowest BCUT2D eigenvalue weighted by molar-refractivity contribution is -0.899. The van der Waals surface area contributed by atoms with Crippen molar-refractivity contribution in [2.24, 2.45) is 0 Å². The van der Waals surface area contributed by atoms with Crippen LogP contribution in [-0.2, 0) is 0 Å². The van der Waals surface area contributed by atoms with Gasteiger partial charge in [-0.2, -0.15) is 0 Å². The summed E-state index contributed by atoms with van der Waals surface area (Å²) >= 11 is 0. The third-order valence-corrected chi connectivity index (χ3v) is 1.58. The predicted molar refractivity (Wildman–Crippen MR) is 38.6 cm³/mol. The number of hydrogen-bond donors (Lipinski definition) is 2. The van der Waals surface area contributed by atoms with Gasteiger partial charge in [0.15, 0.2) is 0 Å². The van der Waals surface area contributed by atoms with Crippen molar-refractivity contribution in [1.82, 2.24) is 0 Å². The Morgan fingerprint density at radius 2 is 1.78 bits per heavy atom. The Morgan fingerprint density at radius 1 is 1.33 bits per heavy atom. The zero-order chi connectivity index (χ0) is 7.28. The lowest BCUT2D eigenvalue weighted by Gasteiger charge is -2.16. The van der Waals surface area contributed by atoms with E-state index in [-0.39, 0.29) is 6.10 Å². The second-order valence-corrected chi connectivity index (χ2v) is 2.51. The minimum Gasteiger partial charge on any atom is -0.388 e. The first-order chi connectivity index (χ1) is 4.20. The van der Waals surface area contributed by atoms with E-state index in [2.05, 4.69) is 13.8 Å². The van der Waals surface area contributed by atoms with E-state index in [4.69, 9.17) is 5.11 Å². The van der Waals surface area contributed by atoms with Crippen LogP contribution in [-0.4, -0.2) is 30.8 Å². The minimum absolute atomic E-state index is 0.153. The molecule has 0 amide bonds. The molecule has 0 saturated heterocycles. The molecule has 0 aromatic heterocycles. The molecule has 0 spiro atoms. The van der Waals surface area contributed by atoms with Gasteiger partial charge in [0.2, 0.25) is 0 Å². The van der Waals surface area contributed by atoms with Crippen molar-refractivity contribution in [2.75, 3.05) is 19.6 Å². The number of aliphatic hydroxyl groups is 1. The summed E-state index contributed by atoms with van der Waals surface area (Å²) in [6.07, 6.45) is -0.153. The number of aliphatic hydroxyl groups excluding tert-OH is 1. The average Bonchev–Trinajstić information content (AvgIpc) is 1.82. The first-order valence-corrected chi connectivity index (χ1v) is 3.72. The van der Waals surface area contributed by atoms with Gasteiger partial charge < -0.3 is 10.0 Å². The van der Waals surface area contributed by atoms with E-state index in [0.29, 0.717) is 0 Å². The van der Waals surface area contributed by atoms with Crippen molar-refractivity contribution >= 4 is 0 Å². The smallest absolute Gasteiger partial charge is 0.103 e. The van der Waals surface area contributed by atoms with Crippen LogP contribution in [0.3, 0.4) is 0 Å². The van der Waals surface area contributed by atoms with E-state index in [1.165, 1.54) is 4.90 Å². The fourth-order valence-electron chi connectivity index (χ4n) is 0.956. The van der Waals surface area contributed by atoms with Gasteiger partial charge in [0, 0.05) is 0 Å². The fourth-order valence-corrected chi connectivity index (χ4v) is 0.956. The molecular formula is C7H18NO+. The standard InChI is InChI=1S/C7H17NO/c1-4-8(5-2)6-7(3)9/h7,9H,4-6H2,1-3H3/p+1. The summed E-state index contributed by atoms with van der Waals surface area (Å²) in [6, 6.07) is 0. The van der Waals surface area contributed by atoms with Crippen molar-refractivity contribution in [2.45, 2.75) is 26.9 Å². The Morgan fingerprint density at radius 3 is 1.89 bits per heavy atom. The molecule has 0 aliphatic carbocycles. The molecule has 2 heteroatoms. The molecule has 2 N–H and O–H groups in total. The largest absolute Gasteiger partial charge is 0.388 e. The summed E-state index contributed by atoms with van der Waals surface area (Å²) in [5, 5.41) is 8.96. The van der Waals surface area contributed by atoms with Crippen molar-refractivity contribution in [3.63, 3.8) is 0 Å². The highest BCUT2D eigenvalue weighted by Crippen LogP contribution is 1.68. The lowest BCUT2D eigenvalue weighted by atomic mass is 10.3. The van der Waals surface area contributed by atoms with E-state index in [0.717, 1.165) is 19.6 Å². The van der Waals surface area contributed by atoms with Gasteiger partial charge in [0.25, 0.3) is 0 Å². The van der Waals surface area contributed by atoms with E-state index >= 15 is 0 Å². The minimum atomic E-state index is -0.153. The third kappa shape index (κ3) is 4.43. The molecule has 0 saturated carbocycles. The summed E-state index contributed by atoms with van der Waals surface area (Å²) < 4.78 is 0. The summed E-state index contributed by atoms with van der Waals surface area (Å²) in [4.78, 5) is 1.46. The van der Waals surface area contributed by atoms with Gasteiger partial charge in [0.05, 0.1) is 13.1 Å². The topological polar surface area (TPSA) is 24.7 Å². The predicted octanol–water partition coefficient (Wildman–Crippen LogP) is -0.708. The Bertz CT molecular complexity index is 59.9. The summed E-state index contributed by atoms with van der Waals surface area (Å²) in [7, 11) is 0. The Kier molecular flexibility index (Phi) is 4.72. The molecule has 0 aliphatic rings. The second-order valence-electron chi connectivity index (χ2n) is 2.51. The maximum absolute atomic E-state index is 8.96. The molecule has 0 bridgehead atoms. The van der Waals surface area contributed by atoms with Gasteiger partial charge in [-0.15, -0.1) is 0 Å². The van der Waals surface area contributed by atoms with Gasteiger partial charge >= 0.3 is 0 Å². The summed E-state index contributed by atoms with van der Waals surface area (Å²) in [5.41, 5.74) is 0. The molecule has 1 atom stereocenters. The number of quaternary nitrogens is 1. The van der Waals surface area contributed by atoms with Crippen molar-refractivity contribution in [3.8, 4) is 0 Å². The van der Waals surface area contributed by atoms with Crippen LogP contribution < -0.4 is 4.90 Å². The summed E-state index contributed by atoms with van der Waals surface area (Å²) in [5.74, 6) is 0. The quantitative estimate of drug-likeness (QED) is 0.519. The van der Waals surface area contributed by atoms with Gasteiger partial charge in [-0.1, -0.05) is 0 Å². The van der Waals surface area contributed by atoms with Crippen LogP contribution in [0, 0.1) is 0 Å². The van der Waals surface area contributed by atoms with Crippen molar-refractivity contribution in [1.29, 1.82) is 0 Å². The van der Waals surface area contributed by atoms with E-state index in [1.54, 1.807) is 0 Å². The van der Waals surface area contributed by atoms with E-state index in [9.17, 15) is 0 Å². The third-order valence-electron chi connectivity index (χ3n) is 1.58. The van der Waals surface area contributed by atoms with Gasteiger partial charge in [0.1, 0.15) is 12.6 Å². The van der Waals surface area contributed by atoms with Crippen LogP contribution in [0.1, 0.15) is 20.8 Å². The fraction of sp³-hybridized carbons (Fsp3) is 1.00. The van der Waals surface area contributed by atoms with Crippen LogP contribution in [0.15, 0.2) is 0 Å². The number of hydrogen-bond acceptors (Lipinski definition) is 1. The molecule has 0 radical (unpaired) electrons. The highest BCUT2D eigenvalue weighted by atomic mass is 16.3. The monoisotopic (exact) mass is 132 g/mol. The van der Waals surface area contributed by atoms with Crippen molar-refractivity contribution < 1.29 is 10.0 Å². The van der Waals surface area contributed by atoms with Crippen LogP contribution in [0.25, 0.3) is 0 Å². The molecule has 9 heavy (non-hydrogen) atoms. The molecule has 0 fully saturated rings. The molecule has 2 nitrogen and oxygen atoms in total. The van der Waals surface area contributed by atoms with Crippen LogP contribution in [0.2, 0.25) is 0 Å². The van der Waals surface area contributed by atoms with Crippen LogP contribution in [0.4, 0.5) is 0 Å². The Hall–Kier alpha value is -0.0800. The van der Waals surface area contributed by atoms with Gasteiger partial charge in [-0.05, 0) is 20.8 Å². The molecule has 0 rings (SSSR count). The lowest BCUT2D eigenvalue weighted by Crippen LogP contribution is -3.12.